The quantitative estimate of drug-likeness (QED) is 0.236. The van der Waals surface area contributed by atoms with Crippen molar-refractivity contribution in [2.24, 2.45) is 0 Å². The Morgan fingerprint density at radius 1 is 0.562 bits per heavy atom. The van der Waals surface area contributed by atoms with Crippen LogP contribution in [0.25, 0.3) is 0 Å². The zero-order valence-electron chi connectivity index (χ0n) is 21.7. The Bertz CT molecular complexity index is 741. The van der Waals surface area contributed by atoms with E-state index < -0.39 is 0 Å². The highest BCUT2D eigenvalue weighted by atomic mass is 31.0. The molecule has 0 aliphatic heterocycles. The summed E-state index contributed by atoms with van der Waals surface area (Å²) < 4.78 is 0. The van der Waals surface area contributed by atoms with Gasteiger partial charge in [0.2, 0.25) is 0 Å². The molecule has 0 N–H and O–H groups in total. The molecule has 0 saturated carbocycles. The first-order chi connectivity index (χ1) is 15.6. The van der Waals surface area contributed by atoms with E-state index in [-0.39, 0.29) is 5.16 Å². The van der Waals surface area contributed by atoms with Gasteiger partial charge in [0, 0.05) is 5.16 Å². The molecule has 1 heteroatoms. The predicted octanol–water partition coefficient (Wildman–Crippen LogP) is 9.59. The summed E-state index contributed by atoms with van der Waals surface area (Å²) in [7, 11) is 3.36. The summed E-state index contributed by atoms with van der Waals surface area (Å²) >= 11 is 0. The summed E-state index contributed by atoms with van der Waals surface area (Å²) in [6.07, 6.45) is 16.1. The molecule has 0 fully saturated rings. The Morgan fingerprint density at radius 3 is 1.28 bits per heavy atom. The van der Waals surface area contributed by atoms with Gasteiger partial charge in [0.05, 0.1) is 0 Å². The van der Waals surface area contributed by atoms with Crippen molar-refractivity contribution >= 4 is 9.24 Å². The molecule has 0 amide bonds. The normalized spacial score (nSPS) is 11.8. The highest BCUT2D eigenvalue weighted by molar-refractivity contribution is 7.19. The smallest absolute Gasteiger partial charge is 0.0347 e. The van der Waals surface area contributed by atoms with E-state index >= 15 is 0 Å². The van der Waals surface area contributed by atoms with Gasteiger partial charge in [0.1, 0.15) is 0 Å². The summed E-state index contributed by atoms with van der Waals surface area (Å²) in [5.41, 5.74) is 9.60. The third kappa shape index (κ3) is 6.70. The van der Waals surface area contributed by atoms with Crippen molar-refractivity contribution in [2.75, 3.05) is 0 Å². The van der Waals surface area contributed by atoms with Gasteiger partial charge in [-0.25, -0.2) is 0 Å². The largest absolute Gasteiger partial charge is 0.122 e. The number of rotatable bonds is 15. The second-order valence-electron chi connectivity index (χ2n) is 9.63. The van der Waals surface area contributed by atoms with Crippen LogP contribution in [0.4, 0.5) is 0 Å². The Morgan fingerprint density at radius 2 is 0.938 bits per heavy atom. The van der Waals surface area contributed by atoms with Gasteiger partial charge < -0.3 is 0 Å². The molecule has 0 aliphatic rings. The molecular formula is C31H49P. The number of hydrogen-bond donors (Lipinski definition) is 0. The predicted molar refractivity (Wildman–Crippen MR) is 148 cm³/mol. The summed E-state index contributed by atoms with van der Waals surface area (Å²) in [5, 5.41) is -0.00337. The summed E-state index contributed by atoms with van der Waals surface area (Å²) in [6.45, 7) is 11.6. The molecule has 0 heterocycles. The van der Waals surface area contributed by atoms with Gasteiger partial charge in [-0.05, 0) is 91.2 Å². The Labute approximate surface area is 202 Å². The first kappa shape index (κ1) is 27.1. The van der Waals surface area contributed by atoms with E-state index in [9.17, 15) is 0 Å². The van der Waals surface area contributed by atoms with Crippen LogP contribution in [0.2, 0.25) is 0 Å². The van der Waals surface area contributed by atoms with Crippen molar-refractivity contribution in [2.45, 2.75) is 123 Å². The maximum Gasteiger partial charge on any atom is 0.0347 e. The van der Waals surface area contributed by atoms with Crippen LogP contribution >= 0.6 is 9.24 Å². The lowest BCUT2D eigenvalue weighted by atomic mass is 9.78. The number of benzene rings is 2. The lowest BCUT2D eigenvalue weighted by molar-refractivity contribution is 0.662. The molecule has 0 spiro atoms. The third-order valence-corrected chi connectivity index (χ3v) is 8.26. The lowest BCUT2D eigenvalue weighted by Gasteiger charge is -2.35. The first-order valence-corrected chi connectivity index (χ1v) is 14.2. The standard InChI is InChI=1S/C31H49P/c1-6-11-17-25-19-15-23-29(27(25)21-13-8-3)31(32,10-5)30-24-16-20-26(18-12-7-2)28(30)22-14-9-4/h15-16,19-20,23-24H,6-14,17-18,21-22,32H2,1-5H3. The molecule has 0 saturated heterocycles. The average molecular weight is 453 g/mol. The second-order valence-corrected chi connectivity index (χ2v) is 10.6. The number of hydrogen-bond acceptors (Lipinski definition) is 0. The molecule has 0 nitrogen and oxygen atoms in total. The fraction of sp³-hybridized carbons (Fsp3) is 0.613. The third-order valence-electron chi connectivity index (χ3n) is 7.22. The molecule has 0 radical (unpaired) electrons. The van der Waals surface area contributed by atoms with E-state index in [0.29, 0.717) is 0 Å². The molecule has 178 valence electrons. The highest BCUT2D eigenvalue weighted by Crippen LogP contribution is 2.47. The minimum atomic E-state index is -0.00337. The van der Waals surface area contributed by atoms with Gasteiger partial charge in [-0.1, -0.05) is 96.7 Å². The highest BCUT2D eigenvalue weighted by Gasteiger charge is 2.32. The monoisotopic (exact) mass is 452 g/mol. The van der Waals surface area contributed by atoms with Crippen molar-refractivity contribution in [1.29, 1.82) is 0 Å². The molecule has 0 bridgehead atoms. The van der Waals surface area contributed by atoms with Crippen LogP contribution in [0.3, 0.4) is 0 Å². The minimum absolute atomic E-state index is 0.00337. The molecule has 1 atom stereocenters. The first-order valence-electron chi connectivity index (χ1n) is 13.6. The van der Waals surface area contributed by atoms with Crippen LogP contribution in [0.5, 0.6) is 0 Å². The van der Waals surface area contributed by atoms with Gasteiger partial charge in [0.25, 0.3) is 0 Å². The fourth-order valence-electron chi connectivity index (χ4n) is 5.13. The van der Waals surface area contributed by atoms with E-state index in [2.05, 4.69) is 80.3 Å². The second kappa shape index (κ2) is 14.2. The van der Waals surface area contributed by atoms with Crippen molar-refractivity contribution in [3.63, 3.8) is 0 Å². The van der Waals surface area contributed by atoms with E-state index in [0.717, 1.165) is 6.42 Å². The molecule has 0 aliphatic carbocycles. The van der Waals surface area contributed by atoms with Crippen molar-refractivity contribution in [1.82, 2.24) is 0 Å². The van der Waals surface area contributed by atoms with Gasteiger partial charge in [-0.15, -0.1) is 9.24 Å². The summed E-state index contributed by atoms with van der Waals surface area (Å²) in [4.78, 5) is 0. The van der Waals surface area contributed by atoms with Gasteiger partial charge in [-0.2, -0.15) is 0 Å². The van der Waals surface area contributed by atoms with Crippen LogP contribution in [0.15, 0.2) is 36.4 Å². The minimum Gasteiger partial charge on any atom is -0.122 e. The summed E-state index contributed by atoms with van der Waals surface area (Å²) in [5.74, 6) is 0. The van der Waals surface area contributed by atoms with Crippen LogP contribution in [-0.2, 0) is 30.8 Å². The zero-order valence-corrected chi connectivity index (χ0v) is 22.9. The molecule has 2 aromatic carbocycles. The molecular weight excluding hydrogens is 403 g/mol. The topological polar surface area (TPSA) is 0 Å². The van der Waals surface area contributed by atoms with Crippen LogP contribution in [-0.4, -0.2) is 0 Å². The fourth-order valence-corrected chi connectivity index (χ4v) is 5.67. The van der Waals surface area contributed by atoms with Crippen molar-refractivity contribution < 1.29 is 0 Å². The van der Waals surface area contributed by atoms with E-state index in [1.807, 2.05) is 0 Å². The van der Waals surface area contributed by atoms with Gasteiger partial charge in [0.15, 0.2) is 0 Å². The SMILES string of the molecule is CCCCc1cccc(C(P)(CC)c2cccc(CCCC)c2CCCC)c1CCCC. The van der Waals surface area contributed by atoms with E-state index in [1.54, 1.807) is 33.4 Å². The van der Waals surface area contributed by atoms with Gasteiger partial charge in [-0.3, -0.25) is 0 Å². The lowest BCUT2D eigenvalue weighted by Crippen LogP contribution is -2.24. The maximum absolute atomic E-state index is 3.36. The number of unbranched alkanes of at least 4 members (excludes halogenated alkanes) is 4. The van der Waals surface area contributed by atoms with Crippen LogP contribution < -0.4 is 0 Å². The Hall–Kier alpha value is -1.13. The van der Waals surface area contributed by atoms with Crippen LogP contribution in [0.1, 0.15) is 126 Å². The maximum atomic E-state index is 3.36. The Kier molecular flexibility index (Phi) is 12.0. The van der Waals surface area contributed by atoms with Crippen molar-refractivity contribution in [3.05, 3.63) is 69.8 Å². The summed E-state index contributed by atoms with van der Waals surface area (Å²) in [6, 6.07) is 14.4. The average Bonchev–Trinajstić information content (AvgIpc) is 2.83. The molecule has 32 heavy (non-hydrogen) atoms. The number of aryl methyl sites for hydroxylation is 2. The molecule has 2 aromatic rings. The van der Waals surface area contributed by atoms with E-state index in [1.165, 1.54) is 77.0 Å². The van der Waals surface area contributed by atoms with E-state index in [4.69, 9.17) is 0 Å². The van der Waals surface area contributed by atoms with Crippen LogP contribution in [0, 0.1) is 0 Å². The van der Waals surface area contributed by atoms with Gasteiger partial charge >= 0.3 is 0 Å². The molecule has 1 unspecified atom stereocenters. The Balaban J connectivity index is 2.67. The zero-order chi connectivity index (χ0) is 23.4. The molecule has 0 aromatic heterocycles. The van der Waals surface area contributed by atoms with Crippen molar-refractivity contribution in [3.8, 4) is 0 Å². The molecule has 2 rings (SSSR count).